The monoisotopic (exact) mass is 556 g/mol. The van der Waals surface area contributed by atoms with Crippen molar-refractivity contribution in [3.63, 3.8) is 0 Å². The molecule has 39 heavy (non-hydrogen) atoms. The highest BCUT2D eigenvalue weighted by Gasteiger charge is 2.26. The highest BCUT2D eigenvalue weighted by molar-refractivity contribution is 5.69. The number of phenolic OH excluding ortho intramolecular Hbond substituents is 1. The topological polar surface area (TPSA) is 102 Å². The van der Waals surface area contributed by atoms with E-state index in [9.17, 15) is 9.90 Å². The lowest BCUT2D eigenvalue weighted by Gasteiger charge is -2.28. The summed E-state index contributed by atoms with van der Waals surface area (Å²) >= 11 is 0. The standard InChI is InChI=1S/C30H52O9/c1-29(2,3)25-22-24(23-26(28(25)32)30(4,5)6)8-9-27(31)39-21-20-38-19-18-37-17-16-36-15-14-35-13-12-34-11-10-33-7/h22-23,32H,8-21H2,1-7H3. The molecule has 1 aromatic rings. The van der Waals surface area contributed by atoms with Crippen LogP contribution in [-0.2, 0) is 55.2 Å². The number of rotatable bonds is 21. The third kappa shape index (κ3) is 16.2. The van der Waals surface area contributed by atoms with Crippen molar-refractivity contribution in [2.24, 2.45) is 0 Å². The fourth-order valence-corrected chi connectivity index (χ4v) is 3.64. The lowest BCUT2D eigenvalue weighted by Crippen LogP contribution is -2.18. The second-order valence-electron chi connectivity index (χ2n) is 11.3. The van der Waals surface area contributed by atoms with Crippen LogP contribution in [0.1, 0.15) is 64.7 Å². The minimum atomic E-state index is -0.266. The fraction of sp³-hybridized carbons (Fsp3) is 0.767. The molecule has 0 saturated heterocycles. The van der Waals surface area contributed by atoms with Gasteiger partial charge in [0, 0.05) is 13.5 Å². The van der Waals surface area contributed by atoms with Gasteiger partial charge in [-0.1, -0.05) is 53.7 Å². The molecule has 0 radical (unpaired) electrons. The molecule has 0 unspecified atom stereocenters. The Hall–Kier alpha value is -1.75. The first-order chi connectivity index (χ1) is 18.5. The molecule has 0 aliphatic heterocycles. The molecule has 0 aromatic heterocycles. The zero-order chi connectivity index (χ0) is 29.2. The molecule has 9 heteroatoms. The SMILES string of the molecule is COCCOCCOCCOCCOCCOCCOC(=O)CCc1cc(C(C)(C)C)c(O)c(C(C)(C)C)c1. The summed E-state index contributed by atoms with van der Waals surface area (Å²) < 4.78 is 37.2. The van der Waals surface area contributed by atoms with Gasteiger partial charge >= 0.3 is 5.97 Å². The van der Waals surface area contributed by atoms with E-state index < -0.39 is 0 Å². The first-order valence-corrected chi connectivity index (χ1v) is 13.9. The molecule has 0 fully saturated rings. The van der Waals surface area contributed by atoms with Gasteiger partial charge in [0.25, 0.3) is 0 Å². The predicted molar refractivity (Wildman–Crippen MR) is 151 cm³/mol. The molecule has 0 bridgehead atoms. The van der Waals surface area contributed by atoms with Crippen LogP contribution in [0.3, 0.4) is 0 Å². The van der Waals surface area contributed by atoms with Crippen molar-refractivity contribution in [1.82, 2.24) is 0 Å². The zero-order valence-electron chi connectivity index (χ0n) is 25.3. The van der Waals surface area contributed by atoms with Crippen molar-refractivity contribution in [3.8, 4) is 5.75 Å². The first-order valence-electron chi connectivity index (χ1n) is 13.9. The molecule has 0 saturated carbocycles. The van der Waals surface area contributed by atoms with Crippen LogP contribution in [-0.4, -0.2) is 97.5 Å². The third-order valence-corrected chi connectivity index (χ3v) is 5.81. The molecule has 0 amide bonds. The van der Waals surface area contributed by atoms with Gasteiger partial charge in [-0.05, 0) is 33.9 Å². The third-order valence-electron chi connectivity index (χ3n) is 5.81. The molecule has 0 heterocycles. The molecule has 226 valence electrons. The summed E-state index contributed by atoms with van der Waals surface area (Å²) in [6.07, 6.45) is 0.825. The molecule has 0 aliphatic rings. The van der Waals surface area contributed by atoms with E-state index in [1.54, 1.807) is 7.11 Å². The Balaban J connectivity index is 2.10. The van der Waals surface area contributed by atoms with Gasteiger partial charge in [-0.15, -0.1) is 0 Å². The minimum absolute atomic E-state index is 0.204. The number of methoxy groups -OCH3 is 1. The van der Waals surface area contributed by atoms with E-state index in [1.807, 2.05) is 12.1 Å². The maximum Gasteiger partial charge on any atom is 0.306 e. The van der Waals surface area contributed by atoms with Crippen molar-refractivity contribution in [3.05, 3.63) is 28.8 Å². The predicted octanol–water partition coefficient (Wildman–Crippen LogP) is 4.19. The van der Waals surface area contributed by atoms with Crippen LogP contribution < -0.4 is 0 Å². The van der Waals surface area contributed by atoms with Crippen molar-refractivity contribution in [2.45, 2.75) is 65.2 Å². The number of aromatic hydroxyl groups is 1. The normalized spacial score (nSPS) is 12.2. The number of carbonyl (C=O) groups is 1. The number of benzene rings is 1. The van der Waals surface area contributed by atoms with Crippen LogP contribution in [0.2, 0.25) is 0 Å². The molecule has 0 aliphatic carbocycles. The van der Waals surface area contributed by atoms with E-state index in [0.29, 0.717) is 84.8 Å². The summed E-state index contributed by atoms with van der Waals surface area (Å²) in [5.41, 5.74) is 2.40. The van der Waals surface area contributed by atoms with Gasteiger partial charge in [0.1, 0.15) is 12.4 Å². The smallest absolute Gasteiger partial charge is 0.306 e. The number of carbonyl (C=O) groups excluding carboxylic acids is 1. The van der Waals surface area contributed by atoms with Crippen LogP contribution in [0.5, 0.6) is 5.75 Å². The highest BCUT2D eigenvalue weighted by atomic mass is 16.6. The van der Waals surface area contributed by atoms with Crippen molar-refractivity contribution < 1.29 is 43.1 Å². The average molecular weight is 557 g/mol. The van der Waals surface area contributed by atoms with Gasteiger partial charge in [0.15, 0.2) is 0 Å². The molecule has 0 spiro atoms. The van der Waals surface area contributed by atoms with E-state index in [2.05, 4.69) is 41.5 Å². The number of phenols is 1. The molecule has 9 nitrogen and oxygen atoms in total. The largest absolute Gasteiger partial charge is 0.507 e. The van der Waals surface area contributed by atoms with Crippen molar-refractivity contribution in [1.29, 1.82) is 0 Å². The highest BCUT2D eigenvalue weighted by Crippen LogP contribution is 2.40. The van der Waals surface area contributed by atoms with E-state index in [1.165, 1.54) is 0 Å². The Bertz CT molecular complexity index is 762. The van der Waals surface area contributed by atoms with Crippen molar-refractivity contribution >= 4 is 5.97 Å². The lowest BCUT2D eigenvalue weighted by molar-refractivity contribution is -0.145. The molecule has 0 atom stereocenters. The number of hydrogen-bond acceptors (Lipinski definition) is 9. The van der Waals surface area contributed by atoms with Crippen LogP contribution in [0, 0.1) is 0 Å². The van der Waals surface area contributed by atoms with E-state index in [4.69, 9.17) is 33.2 Å². The fourth-order valence-electron chi connectivity index (χ4n) is 3.64. The second-order valence-corrected chi connectivity index (χ2v) is 11.3. The number of ether oxygens (including phenoxy) is 7. The Kier molecular flexibility index (Phi) is 17.5. The Morgan fingerprint density at radius 3 is 1.36 bits per heavy atom. The van der Waals surface area contributed by atoms with Crippen molar-refractivity contribution in [2.75, 3.05) is 86.4 Å². The van der Waals surface area contributed by atoms with E-state index in [0.717, 1.165) is 16.7 Å². The minimum Gasteiger partial charge on any atom is -0.507 e. The van der Waals surface area contributed by atoms with Crippen LogP contribution in [0.4, 0.5) is 0 Å². The summed E-state index contributed by atoms with van der Waals surface area (Å²) in [6.45, 7) is 18.1. The van der Waals surface area contributed by atoms with Crippen LogP contribution >= 0.6 is 0 Å². The Morgan fingerprint density at radius 1 is 0.641 bits per heavy atom. The van der Waals surface area contributed by atoms with Gasteiger partial charge < -0.3 is 38.3 Å². The molecular weight excluding hydrogens is 504 g/mol. The summed E-state index contributed by atoms with van der Waals surface area (Å²) in [7, 11) is 1.64. The van der Waals surface area contributed by atoms with Crippen LogP contribution in [0.15, 0.2) is 12.1 Å². The summed E-state index contributed by atoms with van der Waals surface area (Å²) in [5.74, 6) is 0.0772. The zero-order valence-corrected chi connectivity index (χ0v) is 25.3. The Morgan fingerprint density at radius 2 is 1.00 bits per heavy atom. The summed E-state index contributed by atoms with van der Waals surface area (Å²) in [6, 6.07) is 4.00. The van der Waals surface area contributed by atoms with Gasteiger partial charge in [-0.3, -0.25) is 4.79 Å². The second kappa shape index (κ2) is 19.3. The average Bonchev–Trinajstić information content (AvgIpc) is 2.86. The summed E-state index contributed by atoms with van der Waals surface area (Å²) in [4.78, 5) is 12.2. The van der Waals surface area contributed by atoms with Crippen LogP contribution in [0.25, 0.3) is 0 Å². The molecule has 1 rings (SSSR count). The maximum atomic E-state index is 12.2. The van der Waals surface area contributed by atoms with E-state index >= 15 is 0 Å². The first kappa shape index (κ1) is 35.3. The maximum absolute atomic E-state index is 12.2. The number of esters is 1. The molecule has 1 aromatic carbocycles. The number of aryl methyl sites for hydroxylation is 1. The summed E-state index contributed by atoms with van der Waals surface area (Å²) in [5, 5.41) is 10.9. The van der Waals surface area contributed by atoms with Gasteiger partial charge in [0.2, 0.25) is 0 Å². The van der Waals surface area contributed by atoms with E-state index in [-0.39, 0.29) is 29.8 Å². The Labute approximate surface area is 235 Å². The number of hydrogen-bond donors (Lipinski definition) is 1. The molecular formula is C30H52O9. The quantitative estimate of drug-likeness (QED) is 0.176. The van der Waals surface area contributed by atoms with Gasteiger partial charge in [-0.2, -0.15) is 0 Å². The van der Waals surface area contributed by atoms with Gasteiger partial charge in [-0.25, -0.2) is 0 Å². The molecule has 1 N–H and O–H groups in total. The lowest BCUT2D eigenvalue weighted by atomic mass is 9.78. The van der Waals surface area contributed by atoms with Gasteiger partial charge in [0.05, 0.1) is 72.7 Å².